The van der Waals surface area contributed by atoms with Crippen molar-refractivity contribution in [1.82, 2.24) is 4.98 Å². The van der Waals surface area contributed by atoms with Gasteiger partial charge in [0.25, 0.3) is 5.56 Å². The Bertz CT molecular complexity index is 706. The van der Waals surface area contributed by atoms with Crippen molar-refractivity contribution in [2.75, 3.05) is 6.61 Å². The van der Waals surface area contributed by atoms with E-state index in [1.807, 2.05) is 30.3 Å². The molecule has 0 fully saturated rings. The Balaban J connectivity index is 2.50. The average Bonchev–Trinajstić information content (AvgIpc) is 2.46. The molecule has 5 heteroatoms. The molecule has 2 aromatic rings. The highest BCUT2D eigenvalue weighted by atomic mass is 16.5. The van der Waals surface area contributed by atoms with Crippen LogP contribution in [0.5, 0.6) is 5.75 Å². The molecule has 0 amide bonds. The van der Waals surface area contributed by atoms with E-state index in [4.69, 9.17) is 4.74 Å². The number of aryl methyl sites for hydroxylation is 1. The van der Waals surface area contributed by atoms with E-state index in [0.29, 0.717) is 5.69 Å². The number of nitrogens with one attached hydrogen (secondary N) is 1. The smallest absolute Gasteiger partial charge is 0.306 e. The van der Waals surface area contributed by atoms with Crippen LogP contribution in [0.3, 0.4) is 0 Å². The quantitative estimate of drug-likeness (QED) is 0.831. The van der Waals surface area contributed by atoms with Crippen molar-refractivity contribution in [3.63, 3.8) is 0 Å². The second kappa shape index (κ2) is 6.93. The van der Waals surface area contributed by atoms with Gasteiger partial charge in [0.2, 0.25) is 0 Å². The fourth-order valence-electron chi connectivity index (χ4n) is 2.48. The number of rotatable bonds is 5. The lowest BCUT2D eigenvalue weighted by atomic mass is 9.88. The van der Waals surface area contributed by atoms with Gasteiger partial charge in [-0.15, -0.1) is 0 Å². The zero-order valence-electron chi connectivity index (χ0n) is 12.6. The summed E-state index contributed by atoms with van der Waals surface area (Å²) in [7, 11) is 0. The first-order valence-corrected chi connectivity index (χ1v) is 7.16. The van der Waals surface area contributed by atoms with Gasteiger partial charge in [0, 0.05) is 11.6 Å². The summed E-state index contributed by atoms with van der Waals surface area (Å²) in [6, 6.07) is 10.6. The predicted molar refractivity (Wildman–Crippen MR) is 83.0 cm³/mol. The molecule has 22 heavy (non-hydrogen) atoms. The molecule has 1 heterocycles. The third kappa shape index (κ3) is 3.55. The molecular formula is C17H19NO4. The van der Waals surface area contributed by atoms with E-state index in [-0.39, 0.29) is 24.3 Å². The minimum absolute atomic E-state index is 0.00243. The van der Waals surface area contributed by atoms with Crippen LogP contribution in [0.2, 0.25) is 0 Å². The average molecular weight is 301 g/mol. The zero-order chi connectivity index (χ0) is 16.1. The molecule has 0 aliphatic rings. The molecule has 0 unspecified atom stereocenters. The highest BCUT2D eigenvalue weighted by Gasteiger charge is 2.25. The Hall–Kier alpha value is -2.56. The molecule has 0 aliphatic carbocycles. The number of carbonyl (C=O) groups is 1. The standard InChI is InChI=1S/C17H19NO4/c1-3-22-15(20)10-13(12-7-5-4-6-8-12)16-14(19)9-11(2)18-17(16)21/h4-9,13H,3,10H2,1-2H3,(H2,18,19,21)/t13-/m0/s1. The Morgan fingerprint density at radius 3 is 2.59 bits per heavy atom. The molecule has 0 saturated carbocycles. The summed E-state index contributed by atoms with van der Waals surface area (Å²) in [5.41, 5.74) is 1.13. The van der Waals surface area contributed by atoms with Crippen LogP contribution in [0, 0.1) is 6.92 Å². The van der Waals surface area contributed by atoms with Crippen LogP contribution in [0.15, 0.2) is 41.2 Å². The second-order valence-corrected chi connectivity index (χ2v) is 5.05. The highest BCUT2D eigenvalue weighted by Crippen LogP contribution is 2.31. The van der Waals surface area contributed by atoms with Crippen molar-refractivity contribution in [3.05, 3.63) is 63.6 Å². The molecule has 0 saturated heterocycles. The number of hydrogen-bond donors (Lipinski definition) is 2. The number of aromatic hydroxyl groups is 1. The van der Waals surface area contributed by atoms with Gasteiger partial charge in [0.15, 0.2) is 0 Å². The molecule has 0 spiro atoms. The summed E-state index contributed by atoms with van der Waals surface area (Å²) < 4.78 is 4.99. The van der Waals surface area contributed by atoms with Gasteiger partial charge in [0.1, 0.15) is 5.75 Å². The van der Waals surface area contributed by atoms with Gasteiger partial charge in [-0.2, -0.15) is 0 Å². The van der Waals surface area contributed by atoms with E-state index < -0.39 is 17.4 Å². The minimum Gasteiger partial charge on any atom is -0.507 e. The van der Waals surface area contributed by atoms with Crippen LogP contribution in [0.1, 0.15) is 36.1 Å². The lowest BCUT2D eigenvalue weighted by molar-refractivity contribution is -0.143. The van der Waals surface area contributed by atoms with Gasteiger partial charge in [-0.3, -0.25) is 9.59 Å². The van der Waals surface area contributed by atoms with Gasteiger partial charge in [-0.1, -0.05) is 30.3 Å². The molecule has 116 valence electrons. The first-order valence-electron chi connectivity index (χ1n) is 7.16. The zero-order valence-corrected chi connectivity index (χ0v) is 12.6. The monoisotopic (exact) mass is 301 g/mol. The Labute approximate surface area is 128 Å². The number of pyridine rings is 1. The lowest BCUT2D eigenvalue weighted by Crippen LogP contribution is -2.21. The van der Waals surface area contributed by atoms with E-state index in [0.717, 1.165) is 5.56 Å². The van der Waals surface area contributed by atoms with Crippen molar-refractivity contribution in [2.45, 2.75) is 26.2 Å². The summed E-state index contributed by atoms with van der Waals surface area (Å²) in [5.74, 6) is -1.07. The fraction of sp³-hybridized carbons (Fsp3) is 0.294. The number of benzene rings is 1. The number of ether oxygens (including phenoxy) is 1. The summed E-state index contributed by atoms with van der Waals surface area (Å²) in [6.45, 7) is 3.69. The number of H-pyrrole nitrogens is 1. The number of hydrogen-bond acceptors (Lipinski definition) is 4. The molecule has 5 nitrogen and oxygen atoms in total. The van der Waals surface area contributed by atoms with Gasteiger partial charge in [0.05, 0.1) is 18.6 Å². The van der Waals surface area contributed by atoms with Crippen molar-refractivity contribution in [2.24, 2.45) is 0 Å². The maximum atomic E-state index is 12.2. The molecule has 1 atom stereocenters. The van der Waals surface area contributed by atoms with Crippen LogP contribution in [0.4, 0.5) is 0 Å². The molecule has 0 aliphatic heterocycles. The minimum atomic E-state index is -0.551. The molecular weight excluding hydrogens is 282 g/mol. The Kier molecular flexibility index (Phi) is 4.99. The topological polar surface area (TPSA) is 79.4 Å². The Morgan fingerprint density at radius 2 is 2.00 bits per heavy atom. The summed E-state index contributed by atoms with van der Waals surface area (Å²) in [6.07, 6.45) is -0.00243. The van der Waals surface area contributed by atoms with Crippen LogP contribution < -0.4 is 5.56 Å². The molecule has 2 N–H and O–H groups in total. The van der Waals surface area contributed by atoms with Crippen molar-refractivity contribution >= 4 is 5.97 Å². The maximum absolute atomic E-state index is 12.2. The number of aromatic nitrogens is 1. The predicted octanol–water partition coefficient (Wildman–Crippen LogP) is 2.47. The van der Waals surface area contributed by atoms with Crippen molar-refractivity contribution in [3.8, 4) is 5.75 Å². The van der Waals surface area contributed by atoms with E-state index in [1.165, 1.54) is 6.07 Å². The normalized spacial score (nSPS) is 11.9. The van der Waals surface area contributed by atoms with E-state index in [2.05, 4.69) is 4.98 Å². The summed E-state index contributed by atoms with van der Waals surface area (Å²) in [4.78, 5) is 26.8. The highest BCUT2D eigenvalue weighted by molar-refractivity contribution is 5.71. The fourth-order valence-corrected chi connectivity index (χ4v) is 2.48. The van der Waals surface area contributed by atoms with Gasteiger partial charge >= 0.3 is 5.97 Å². The van der Waals surface area contributed by atoms with Gasteiger partial charge in [-0.05, 0) is 25.5 Å². The van der Waals surface area contributed by atoms with Gasteiger partial charge < -0.3 is 14.8 Å². The van der Waals surface area contributed by atoms with Crippen LogP contribution >= 0.6 is 0 Å². The summed E-state index contributed by atoms with van der Waals surface area (Å²) >= 11 is 0. The molecule has 1 aromatic heterocycles. The number of aromatic amines is 1. The van der Waals surface area contributed by atoms with E-state index in [1.54, 1.807) is 13.8 Å². The first kappa shape index (κ1) is 15.8. The largest absolute Gasteiger partial charge is 0.507 e. The van der Waals surface area contributed by atoms with E-state index in [9.17, 15) is 14.7 Å². The molecule has 0 radical (unpaired) electrons. The van der Waals surface area contributed by atoms with Crippen molar-refractivity contribution in [1.29, 1.82) is 0 Å². The van der Waals surface area contributed by atoms with Crippen molar-refractivity contribution < 1.29 is 14.6 Å². The maximum Gasteiger partial charge on any atom is 0.306 e. The molecule has 1 aromatic carbocycles. The Morgan fingerprint density at radius 1 is 1.32 bits per heavy atom. The van der Waals surface area contributed by atoms with Crippen LogP contribution in [0.25, 0.3) is 0 Å². The third-order valence-corrected chi connectivity index (χ3v) is 3.41. The van der Waals surface area contributed by atoms with Gasteiger partial charge in [-0.25, -0.2) is 0 Å². The SMILES string of the molecule is CCOC(=O)C[C@@H](c1ccccc1)c1c(O)cc(C)[nH]c1=O. The summed E-state index contributed by atoms with van der Waals surface area (Å²) in [5, 5.41) is 10.2. The molecule has 0 bridgehead atoms. The van der Waals surface area contributed by atoms with Crippen LogP contribution in [-0.2, 0) is 9.53 Å². The number of carbonyl (C=O) groups excluding carboxylic acids is 1. The third-order valence-electron chi connectivity index (χ3n) is 3.41. The first-order chi connectivity index (χ1) is 10.5. The second-order valence-electron chi connectivity index (χ2n) is 5.05. The van der Waals surface area contributed by atoms with E-state index >= 15 is 0 Å². The lowest BCUT2D eigenvalue weighted by Gasteiger charge is -2.17. The number of esters is 1. The van der Waals surface area contributed by atoms with Crippen LogP contribution in [-0.4, -0.2) is 22.7 Å². The molecule has 2 rings (SSSR count).